The van der Waals surface area contributed by atoms with Gasteiger partial charge in [0.05, 0.1) is 11.1 Å². The Morgan fingerprint density at radius 3 is 1.27 bits per heavy atom. The minimum Gasteiger partial charge on any atom is -0.504 e. The third kappa shape index (κ3) is 5.80. The van der Waals surface area contributed by atoms with Crippen molar-refractivity contribution in [2.45, 2.75) is 12.8 Å². The van der Waals surface area contributed by atoms with E-state index in [1.807, 2.05) is 0 Å². The van der Waals surface area contributed by atoms with Crippen LogP contribution < -0.4 is 10.6 Å². The van der Waals surface area contributed by atoms with E-state index < -0.39 is 68.6 Å². The van der Waals surface area contributed by atoms with Gasteiger partial charge in [-0.2, -0.15) is 0 Å². The molecule has 0 atom stereocenters. The topological polar surface area (TPSA) is 205 Å². The number of pyridine rings is 2. The lowest BCUT2D eigenvalue weighted by atomic mass is 9.91. The van der Waals surface area contributed by atoms with Gasteiger partial charge in [-0.05, 0) is 60.4 Å². The van der Waals surface area contributed by atoms with Gasteiger partial charge in [0, 0.05) is 49.0 Å². The summed E-state index contributed by atoms with van der Waals surface area (Å²) in [4.78, 5) is 34.2. The van der Waals surface area contributed by atoms with Crippen molar-refractivity contribution in [2.75, 3.05) is 13.1 Å². The number of carbonyl (C=O) groups is 2. The van der Waals surface area contributed by atoms with Crippen molar-refractivity contribution in [1.29, 1.82) is 0 Å². The lowest BCUT2D eigenvalue weighted by Crippen LogP contribution is -2.27. The molecule has 0 bridgehead atoms. The molecule has 8 N–H and O–H groups in total. The van der Waals surface area contributed by atoms with E-state index >= 15 is 0 Å². The predicted molar refractivity (Wildman–Crippen MR) is 142 cm³/mol. The van der Waals surface area contributed by atoms with E-state index in [9.17, 15) is 40.2 Å². The second-order valence-corrected chi connectivity index (χ2v) is 8.75. The minimum absolute atomic E-state index is 0.125. The first-order chi connectivity index (χ1) is 19.2. The fourth-order valence-electron chi connectivity index (χ4n) is 4.08. The lowest BCUT2D eigenvalue weighted by Gasteiger charge is -2.19. The molecule has 2 amide bonds. The molecular formula is C28H26N4O8. The highest BCUT2D eigenvalue weighted by Gasteiger charge is 2.31. The summed E-state index contributed by atoms with van der Waals surface area (Å²) in [7, 11) is 0. The maximum atomic E-state index is 13.2. The van der Waals surface area contributed by atoms with E-state index in [-0.39, 0.29) is 13.1 Å². The highest BCUT2D eigenvalue weighted by molar-refractivity contribution is 6.10. The first-order valence-electron chi connectivity index (χ1n) is 12.1. The Labute approximate surface area is 227 Å². The molecule has 2 aromatic carbocycles. The molecule has 4 rings (SSSR count). The Bertz CT molecular complexity index is 1430. The summed E-state index contributed by atoms with van der Waals surface area (Å²) >= 11 is 0. The van der Waals surface area contributed by atoms with Crippen LogP contribution in [0, 0.1) is 0 Å². The summed E-state index contributed by atoms with van der Waals surface area (Å²) in [5, 5.41) is 67.6. The van der Waals surface area contributed by atoms with Gasteiger partial charge < -0.3 is 41.3 Å². The standard InChI is InChI=1S/C28H26N4O8/c33-19-13-17(27(39)31-11-5-15-1-7-29-8-2-15)21(25(37)23(19)35)22-18(14-20(34)24(36)26(22)38)28(40)32-12-6-16-3-9-30-10-4-16/h1-4,7-10,13-14,33-38H,5-6,11-12H2,(H,31,39)(H,32,40). The van der Waals surface area contributed by atoms with Crippen LogP contribution in [0.4, 0.5) is 0 Å². The Morgan fingerprint density at radius 2 is 0.925 bits per heavy atom. The Hall–Kier alpha value is -5.52. The molecule has 0 spiro atoms. The number of aromatic hydroxyl groups is 6. The quantitative estimate of drug-likeness (QED) is 0.144. The van der Waals surface area contributed by atoms with Gasteiger partial charge in [0.25, 0.3) is 11.8 Å². The van der Waals surface area contributed by atoms with Gasteiger partial charge in [-0.3, -0.25) is 19.6 Å². The number of aromatic nitrogens is 2. The van der Waals surface area contributed by atoms with Crippen LogP contribution in [-0.4, -0.2) is 65.5 Å². The van der Waals surface area contributed by atoms with Gasteiger partial charge >= 0.3 is 0 Å². The summed E-state index contributed by atoms with van der Waals surface area (Å²) in [5.74, 6) is -7.47. The summed E-state index contributed by atoms with van der Waals surface area (Å²) < 4.78 is 0. The second kappa shape index (κ2) is 11.9. The third-order valence-corrected chi connectivity index (χ3v) is 6.14. The van der Waals surface area contributed by atoms with Gasteiger partial charge in [0.1, 0.15) is 0 Å². The van der Waals surface area contributed by atoms with Crippen LogP contribution in [0.1, 0.15) is 31.8 Å². The van der Waals surface area contributed by atoms with E-state index in [0.29, 0.717) is 12.8 Å². The van der Waals surface area contributed by atoms with Gasteiger partial charge in [-0.15, -0.1) is 0 Å². The first-order valence-corrected chi connectivity index (χ1v) is 12.1. The summed E-state index contributed by atoms with van der Waals surface area (Å²) in [6.07, 6.45) is 7.19. The van der Waals surface area contributed by atoms with Crippen LogP contribution in [-0.2, 0) is 12.8 Å². The van der Waals surface area contributed by atoms with E-state index in [4.69, 9.17) is 0 Å². The van der Waals surface area contributed by atoms with Crippen molar-refractivity contribution in [2.24, 2.45) is 0 Å². The minimum atomic E-state index is -1.04. The number of nitrogens with one attached hydrogen (secondary N) is 2. The third-order valence-electron chi connectivity index (χ3n) is 6.14. The smallest absolute Gasteiger partial charge is 0.252 e. The molecule has 206 valence electrons. The van der Waals surface area contributed by atoms with Crippen LogP contribution in [0.25, 0.3) is 11.1 Å². The fourth-order valence-corrected chi connectivity index (χ4v) is 4.08. The van der Waals surface area contributed by atoms with Crippen molar-refractivity contribution >= 4 is 11.8 Å². The monoisotopic (exact) mass is 546 g/mol. The number of hydrogen-bond acceptors (Lipinski definition) is 10. The molecule has 12 nitrogen and oxygen atoms in total. The highest BCUT2D eigenvalue weighted by atomic mass is 16.3. The molecule has 0 aliphatic rings. The number of carbonyl (C=O) groups excluding carboxylic acids is 2. The van der Waals surface area contributed by atoms with Crippen molar-refractivity contribution in [3.05, 3.63) is 83.4 Å². The first kappa shape index (κ1) is 27.5. The average Bonchev–Trinajstić information content (AvgIpc) is 2.96. The maximum absolute atomic E-state index is 13.2. The Balaban J connectivity index is 1.71. The number of rotatable bonds is 9. The normalized spacial score (nSPS) is 10.7. The zero-order valence-electron chi connectivity index (χ0n) is 21.0. The number of amides is 2. The van der Waals surface area contributed by atoms with Crippen LogP contribution >= 0.6 is 0 Å². The molecule has 2 aromatic heterocycles. The molecule has 2 heterocycles. The number of benzene rings is 2. The lowest BCUT2D eigenvalue weighted by molar-refractivity contribution is 0.0943. The number of phenolic OH excluding ortho intramolecular Hbond substituents is 6. The Kier molecular flexibility index (Phi) is 8.19. The maximum Gasteiger partial charge on any atom is 0.252 e. The predicted octanol–water partition coefficient (Wildman–Crippen LogP) is 2.32. The Morgan fingerprint density at radius 1 is 0.575 bits per heavy atom. The summed E-state index contributed by atoms with van der Waals surface area (Å²) in [6.45, 7) is 0.250. The van der Waals surface area contributed by atoms with Crippen molar-refractivity contribution in [1.82, 2.24) is 20.6 Å². The molecule has 0 radical (unpaired) electrons. The molecular weight excluding hydrogens is 520 g/mol. The number of phenols is 6. The van der Waals surface area contributed by atoms with E-state index in [1.165, 1.54) is 0 Å². The molecule has 0 aliphatic heterocycles. The van der Waals surface area contributed by atoms with Crippen molar-refractivity contribution in [3.8, 4) is 45.6 Å². The van der Waals surface area contributed by atoms with Crippen molar-refractivity contribution < 1.29 is 40.2 Å². The van der Waals surface area contributed by atoms with Crippen molar-refractivity contribution in [3.63, 3.8) is 0 Å². The zero-order chi connectivity index (χ0) is 28.8. The van der Waals surface area contributed by atoms with Gasteiger partial charge in [-0.25, -0.2) is 0 Å². The summed E-state index contributed by atoms with van der Waals surface area (Å²) in [5.41, 5.74) is -0.201. The molecule has 40 heavy (non-hydrogen) atoms. The van der Waals surface area contributed by atoms with E-state index in [1.54, 1.807) is 49.1 Å². The number of hydrogen-bond donors (Lipinski definition) is 8. The van der Waals surface area contributed by atoms with Gasteiger partial charge in [0.2, 0.25) is 11.5 Å². The van der Waals surface area contributed by atoms with Gasteiger partial charge in [0.15, 0.2) is 23.0 Å². The molecule has 0 fully saturated rings. The molecule has 4 aromatic rings. The van der Waals surface area contributed by atoms with Crippen LogP contribution in [0.2, 0.25) is 0 Å². The average molecular weight is 547 g/mol. The SMILES string of the molecule is O=C(NCCc1ccncc1)c1cc(O)c(O)c(O)c1-c1c(C(=O)NCCc2ccncc2)cc(O)c(O)c1O. The van der Waals surface area contributed by atoms with E-state index in [2.05, 4.69) is 20.6 Å². The summed E-state index contributed by atoms with van der Waals surface area (Å²) in [6, 6.07) is 8.72. The van der Waals surface area contributed by atoms with Crippen LogP contribution in [0.15, 0.2) is 61.2 Å². The van der Waals surface area contributed by atoms with E-state index in [0.717, 1.165) is 23.3 Å². The highest BCUT2D eigenvalue weighted by Crippen LogP contribution is 2.52. The second-order valence-electron chi connectivity index (χ2n) is 8.75. The zero-order valence-corrected chi connectivity index (χ0v) is 21.0. The molecule has 0 saturated heterocycles. The molecule has 0 aliphatic carbocycles. The fraction of sp³-hybridized carbons (Fsp3) is 0.143. The van der Waals surface area contributed by atoms with Crippen LogP contribution in [0.5, 0.6) is 34.5 Å². The molecule has 12 heteroatoms. The van der Waals surface area contributed by atoms with Crippen LogP contribution in [0.3, 0.4) is 0 Å². The number of nitrogens with zero attached hydrogens (tertiary/aromatic N) is 2. The molecule has 0 unspecified atom stereocenters. The largest absolute Gasteiger partial charge is 0.504 e. The van der Waals surface area contributed by atoms with Gasteiger partial charge in [-0.1, -0.05) is 0 Å². The molecule has 0 saturated carbocycles.